The van der Waals surface area contributed by atoms with Crippen molar-refractivity contribution in [2.75, 3.05) is 6.54 Å². The quantitative estimate of drug-likeness (QED) is 0.562. The van der Waals surface area contributed by atoms with Gasteiger partial charge in [-0.1, -0.05) is 20.8 Å². The Labute approximate surface area is 69.6 Å². The van der Waals surface area contributed by atoms with E-state index in [0.29, 0.717) is 11.0 Å². The van der Waals surface area contributed by atoms with E-state index in [1.807, 2.05) is 0 Å². The average molecular weight is 153 g/mol. The van der Waals surface area contributed by atoms with Gasteiger partial charge in [-0.25, -0.2) is 0 Å². The Hall–Kier alpha value is -0.0400. The third-order valence-corrected chi connectivity index (χ3v) is 3.44. The van der Waals surface area contributed by atoms with Crippen molar-refractivity contribution in [3.05, 3.63) is 0 Å². The highest BCUT2D eigenvalue weighted by Crippen LogP contribution is 2.48. The molecule has 0 aromatic heterocycles. The van der Waals surface area contributed by atoms with Crippen LogP contribution in [0.2, 0.25) is 0 Å². The molecule has 0 radical (unpaired) electrons. The molecule has 1 spiro atoms. The lowest BCUT2D eigenvalue weighted by Gasteiger charge is -2.26. The van der Waals surface area contributed by atoms with E-state index in [-0.39, 0.29) is 0 Å². The van der Waals surface area contributed by atoms with E-state index >= 15 is 0 Å². The van der Waals surface area contributed by atoms with Gasteiger partial charge in [0.15, 0.2) is 0 Å². The minimum absolute atomic E-state index is 0.513. The zero-order valence-electron chi connectivity index (χ0n) is 7.91. The Kier molecular flexibility index (Phi) is 1.39. The maximum absolute atomic E-state index is 3.66. The van der Waals surface area contributed by atoms with E-state index in [9.17, 15) is 0 Å². The summed E-state index contributed by atoms with van der Waals surface area (Å²) in [7, 11) is 0. The molecule has 2 aliphatic rings. The topological polar surface area (TPSA) is 12.0 Å². The maximum Gasteiger partial charge on any atom is 0.0186 e. The number of rotatable bonds is 0. The van der Waals surface area contributed by atoms with E-state index in [1.54, 1.807) is 0 Å². The number of hydrogen-bond acceptors (Lipinski definition) is 1. The van der Waals surface area contributed by atoms with Crippen LogP contribution in [0.5, 0.6) is 0 Å². The molecule has 1 unspecified atom stereocenters. The molecule has 0 amide bonds. The molecule has 0 bridgehead atoms. The number of nitrogens with one attached hydrogen (secondary N) is 1. The Morgan fingerprint density at radius 3 is 2.18 bits per heavy atom. The number of hydrogen-bond donors (Lipinski definition) is 1. The smallest absolute Gasteiger partial charge is 0.0186 e. The van der Waals surface area contributed by atoms with Crippen molar-refractivity contribution in [2.24, 2.45) is 11.3 Å². The van der Waals surface area contributed by atoms with Crippen molar-refractivity contribution in [3.8, 4) is 0 Å². The fourth-order valence-electron chi connectivity index (χ4n) is 2.10. The van der Waals surface area contributed by atoms with Crippen LogP contribution in [0.3, 0.4) is 0 Å². The molecular formula is C10H19N. The van der Waals surface area contributed by atoms with E-state index in [0.717, 1.165) is 5.92 Å². The molecule has 1 heterocycles. The Morgan fingerprint density at radius 2 is 1.91 bits per heavy atom. The summed E-state index contributed by atoms with van der Waals surface area (Å²) in [6.45, 7) is 8.34. The molecule has 1 atom stereocenters. The summed E-state index contributed by atoms with van der Waals surface area (Å²) in [4.78, 5) is 0. The van der Waals surface area contributed by atoms with Crippen LogP contribution in [0, 0.1) is 11.3 Å². The molecule has 1 aliphatic carbocycles. The molecule has 1 aliphatic heterocycles. The third-order valence-electron chi connectivity index (χ3n) is 3.44. The summed E-state index contributed by atoms with van der Waals surface area (Å²) in [5, 5.41) is 3.66. The van der Waals surface area contributed by atoms with Gasteiger partial charge in [0.1, 0.15) is 0 Å². The monoisotopic (exact) mass is 153 g/mol. The molecule has 1 nitrogen and oxygen atoms in total. The maximum atomic E-state index is 3.66. The molecule has 64 valence electrons. The van der Waals surface area contributed by atoms with Crippen molar-refractivity contribution in [1.29, 1.82) is 0 Å². The molecule has 1 heteroatoms. The minimum Gasteiger partial charge on any atom is -0.311 e. The Balaban J connectivity index is 1.99. The molecule has 1 N–H and O–H groups in total. The van der Waals surface area contributed by atoms with Gasteiger partial charge in [-0.15, -0.1) is 0 Å². The third kappa shape index (κ3) is 1.31. The van der Waals surface area contributed by atoms with Crippen LogP contribution in [-0.2, 0) is 0 Å². The predicted octanol–water partition coefficient (Wildman–Crippen LogP) is 2.17. The van der Waals surface area contributed by atoms with Gasteiger partial charge < -0.3 is 5.32 Å². The first kappa shape index (κ1) is 7.60. The van der Waals surface area contributed by atoms with Crippen LogP contribution in [-0.4, -0.2) is 12.1 Å². The lowest BCUT2D eigenvalue weighted by molar-refractivity contribution is 0.256. The molecule has 1 saturated carbocycles. The van der Waals surface area contributed by atoms with Crippen LogP contribution in [0.15, 0.2) is 0 Å². The van der Waals surface area contributed by atoms with Gasteiger partial charge in [0.2, 0.25) is 0 Å². The first-order chi connectivity index (χ1) is 5.02. The van der Waals surface area contributed by atoms with Crippen LogP contribution in [0.1, 0.15) is 40.0 Å². The molecule has 2 rings (SSSR count). The largest absolute Gasteiger partial charge is 0.311 e. The van der Waals surface area contributed by atoms with Gasteiger partial charge in [0, 0.05) is 5.54 Å². The Morgan fingerprint density at radius 1 is 1.27 bits per heavy atom. The van der Waals surface area contributed by atoms with Crippen molar-refractivity contribution in [3.63, 3.8) is 0 Å². The summed E-state index contributed by atoms with van der Waals surface area (Å²) >= 11 is 0. The van der Waals surface area contributed by atoms with Crippen molar-refractivity contribution >= 4 is 0 Å². The Bertz CT molecular complexity index is 162. The molecule has 2 fully saturated rings. The van der Waals surface area contributed by atoms with Gasteiger partial charge in [-0.2, -0.15) is 0 Å². The fraction of sp³-hybridized carbons (Fsp3) is 1.00. The highest BCUT2D eigenvalue weighted by Gasteiger charge is 2.50. The normalized spacial score (nSPS) is 34.6. The molecule has 11 heavy (non-hydrogen) atoms. The van der Waals surface area contributed by atoms with Crippen LogP contribution >= 0.6 is 0 Å². The molecule has 0 aromatic carbocycles. The van der Waals surface area contributed by atoms with Gasteiger partial charge in [0.25, 0.3) is 0 Å². The van der Waals surface area contributed by atoms with E-state index in [2.05, 4.69) is 26.1 Å². The summed E-state index contributed by atoms with van der Waals surface area (Å²) < 4.78 is 0. The van der Waals surface area contributed by atoms with E-state index in [1.165, 1.54) is 25.8 Å². The zero-order chi connectivity index (χ0) is 8.11. The summed E-state index contributed by atoms with van der Waals surface area (Å²) in [5.74, 6) is 0.907. The average Bonchev–Trinajstić information content (AvgIpc) is 2.38. The second-order valence-corrected chi connectivity index (χ2v) is 5.43. The highest BCUT2D eigenvalue weighted by atomic mass is 15.1. The highest BCUT2D eigenvalue weighted by molar-refractivity contribution is 5.09. The summed E-state index contributed by atoms with van der Waals surface area (Å²) in [5.41, 5.74) is 1.14. The predicted molar refractivity (Wildman–Crippen MR) is 47.5 cm³/mol. The van der Waals surface area contributed by atoms with E-state index in [4.69, 9.17) is 0 Å². The first-order valence-electron chi connectivity index (χ1n) is 4.77. The lowest BCUT2D eigenvalue weighted by atomic mass is 9.79. The van der Waals surface area contributed by atoms with Crippen molar-refractivity contribution in [2.45, 2.75) is 45.6 Å². The lowest BCUT2D eigenvalue weighted by Crippen LogP contribution is -2.23. The van der Waals surface area contributed by atoms with Crippen LogP contribution in [0.4, 0.5) is 0 Å². The second-order valence-electron chi connectivity index (χ2n) is 5.43. The fourth-order valence-corrected chi connectivity index (χ4v) is 2.10. The SMILES string of the molecule is CC(C)(C)C1CNC2(CC2)C1. The second kappa shape index (κ2) is 2.01. The van der Waals surface area contributed by atoms with Gasteiger partial charge >= 0.3 is 0 Å². The summed E-state index contributed by atoms with van der Waals surface area (Å²) in [6, 6.07) is 0. The van der Waals surface area contributed by atoms with Gasteiger partial charge in [-0.3, -0.25) is 0 Å². The van der Waals surface area contributed by atoms with Crippen molar-refractivity contribution < 1.29 is 0 Å². The van der Waals surface area contributed by atoms with Crippen LogP contribution in [0.25, 0.3) is 0 Å². The van der Waals surface area contributed by atoms with Gasteiger partial charge in [-0.05, 0) is 37.1 Å². The van der Waals surface area contributed by atoms with Crippen molar-refractivity contribution in [1.82, 2.24) is 5.32 Å². The molecule has 1 saturated heterocycles. The minimum atomic E-state index is 0.513. The van der Waals surface area contributed by atoms with Crippen LogP contribution < -0.4 is 5.32 Å². The zero-order valence-corrected chi connectivity index (χ0v) is 7.91. The van der Waals surface area contributed by atoms with E-state index < -0.39 is 0 Å². The molecular weight excluding hydrogens is 134 g/mol. The van der Waals surface area contributed by atoms with Gasteiger partial charge in [0.05, 0.1) is 0 Å². The standard InChI is InChI=1S/C10H19N/c1-9(2,3)8-6-10(4-5-10)11-7-8/h8,11H,4-7H2,1-3H3. The first-order valence-corrected chi connectivity index (χ1v) is 4.77. The molecule has 0 aromatic rings. The summed E-state index contributed by atoms with van der Waals surface area (Å²) in [6.07, 6.45) is 4.29.